The van der Waals surface area contributed by atoms with Crippen LogP contribution < -0.4 is 0 Å². The Labute approximate surface area is 66.0 Å². The fourth-order valence-corrected chi connectivity index (χ4v) is 0.582. The highest BCUT2D eigenvalue weighted by atomic mass is 19.4. The molecule has 0 aliphatic heterocycles. The molecule has 12 heavy (non-hydrogen) atoms. The number of aromatic nitrogens is 2. The Bertz CT molecular complexity index is 294. The van der Waals surface area contributed by atoms with Crippen molar-refractivity contribution in [2.75, 3.05) is 0 Å². The summed E-state index contributed by atoms with van der Waals surface area (Å²) < 4.78 is 35.9. The van der Waals surface area contributed by atoms with E-state index in [0.29, 0.717) is 0 Å². The second-order valence-electron chi connectivity index (χ2n) is 1.90. The van der Waals surface area contributed by atoms with Crippen molar-refractivity contribution in [1.82, 2.24) is 9.97 Å². The second-order valence-corrected chi connectivity index (χ2v) is 1.90. The number of nitrogens with zero attached hydrogens (tertiary/aromatic N) is 3. The Morgan fingerprint density at radius 2 is 2.08 bits per heavy atom. The van der Waals surface area contributed by atoms with Gasteiger partial charge in [0.25, 0.3) is 0 Å². The minimum atomic E-state index is -4.46. The first-order valence-electron chi connectivity index (χ1n) is 2.91. The molecule has 0 aromatic carbocycles. The molecule has 0 atom stereocenters. The number of aliphatic imine (C=N–C) groups is 1. The summed E-state index contributed by atoms with van der Waals surface area (Å²) in [5.41, 5.74) is -1.01. The third-order valence-electron chi connectivity index (χ3n) is 1.07. The van der Waals surface area contributed by atoms with Crippen LogP contribution in [0.25, 0.3) is 0 Å². The van der Waals surface area contributed by atoms with Crippen molar-refractivity contribution in [1.29, 1.82) is 0 Å². The molecule has 64 valence electrons. The average Bonchev–Trinajstić information content (AvgIpc) is 2.03. The molecule has 1 aromatic heterocycles. The number of alkyl halides is 3. The molecule has 0 spiro atoms. The van der Waals surface area contributed by atoms with Crippen LogP contribution in [0.5, 0.6) is 0 Å². The van der Waals surface area contributed by atoms with E-state index >= 15 is 0 Å². The van der Waals surface area contributed by atoms with Crippen molar-refractivity contribution >= 4 is 12.7 Å². The molecular formula is C6H4F3N3. The maximum Gasteiger partial charge on any atom is 0.433 e. The van der Waals surface area contributed by atoms with Crippen molar-refractivity contribution in [2.45, 2.75) is 6.18 Å². The summed E-state index contributed by atoms with van der Waals surface area (Å²) in [6.45, 7) is 3.01. The van der Waals surface area contributed by atoms with E-state index in [9.17, 15) is 13.2 Å². The van der Waals surface area contributed by atoms with Gasteiger partial charge in [0.1, 0.15) is 5.69 Å². The number of hydrogen-bond donors (Lipinski definition) is 0. The predicted molar refractivity (Wildman–Crippen MR) is 36.2 cm³/mol. The van der Waals surface area contributed by atoms with E-state index in [0.717, 1.165) is 12.3 Å². The van der Waals surface area contributed by atoms with Crippen LogP contribution in [0.15, 0.2) is 17.3 Å². The first-order valence-corrected chi connectivity index (χ1v) is 2.91. The SMILES string of the molecule is C=Nc1nccc(C(F)(F)F)n1. The van der Waals surface area contributed by atoms with Gasteiger partial charge < -0.3 is 0 Å². The van der Waals surface area contributed by atoms with Crippen molar-refractivity contribution in [2.24, 2.45) is 4.99 Å². The summed E-state index contributed by atoms with van der Waals surface area (Å²) in [5, 5.41) is 0. The van der Waals surface area contributed by atoms with E-state index in [1.54, 1.807) is 0 Å². The monoisotopic (exact) mass is 175 g/mol. The maximum atomic E-state index is 12.0. The molecule has 0 N–H and O–H groups in total. The zero-order valence-electron chi connectivity index (χ0n) is 5.84. The smallest absolute Gasteiger partial charge is 0.228 e. The lowest BCUT2D eigenvalue weighted by Crippen LogP contribution is -2.07. The Hall–Kier alpha value is -1.46. The normalized spacial score (nSPS) is 11.2. The molecule has 1 heterocycles. The second kappa shape index (κ2) is 2.88. The molecule has 1 aromatic rings. The molecule has 0 fully saturated rings. The van der Waals surface area contributed by atoms with Gasteiger partial charge in [-0.25, -0.2) is 15.0 Å². The van der Waals surface area contributed by atoms with Crippen LogP contribution in [0.1, 0.15) is 5.69 Å². The molecule has 0 aliphatic rings. The minimum absolute atomic E-state index is 0.273. The summed E-state index contributed by atoms with van der Waals surface area (Å²) >= 11 is 0. The first-order chi connectivity index (χ1) is 5.54. The van der Waals surface area contributed by atoms with Crippen LogP contribution in [0.3, 0.4) is 0 Å². The topological polar surface area (TPSA) is 38.1 Å². The summed E-state index contributed by atoms with van der Waals surface area (Å²) in [6.07, 6.45) is -3.47. The fourth-order valence-electron chi connectivity index (χ4n) is 0.582. The zero-order valence-corrected chi connectivity index (χ0v) is 5.84. The van der Waals surface area contributed by atoms with Gasteiger partial charge in [-0.3, -0.25) is 0 Å². The van der Waals surface area contributed by atoms with E-state index in [1.165, 1.54) is 0 Å². The van der Waals surface area contributed by atoms with Crippen molar-refractivity contribution in [3.63, 3.8) is 0 Å². The van der Waals surface area contributed by atoms with Crippen LogP contribution in [0.2, 0.25) is 0 Å². The molecule has 0 radical (unpaired) electrons. The van der Waals surface area contributed by atoms with Crippen molar-refractivity contribution < 1.29 is 13.2 Å². The highest BCUT2D eigenvalue weighted by Crippen LogP contribution is 2.27. The molecule has 0 saturated carbocycles. The predicted octanol–water partition coefficient (Wildman–Crippen LogP) is 1.83. The lowest BCUT2D eigenvalue weighted by molar-refractivity contribution is -0.141. The van der Waals surface area contributed by atoms with E-state index < -0.39 is 11.9 Å². The van der Waals surface area contributed by atoms with Gasteiger partial charge in [0.2, 0.25) is 5.95 Å². The van der Waals surface area contributed by atoms with E-state index in [2.05, 4.69) is 21.7 Å². The molecule has 0 unspecified atom stereocenters. The maximum absolute atomic E-state index is 12.0. The van der Waals surface area contributed by atoms with Gasteiger partial charge in [0.15, 0.2) is 0 Å². The Morgan fingerprint density at radius 3 is 2.58 bits per heavy atom. The summed E-state index contributed by atoms with van der Waals surface area (Å²) in [7, 11) is 0. The van der Waals surface area contributed by atoms with Crippen molar-refractivity contribution in [3.05, 3.63) is 18.0 Å². The Kier molecular flexibility index (Phi) is 2.07. The average molecular weight is 175 g/mol. The molecule has 6 heteroatoms. The van der Waals surface area contributed by atoms with E-state index in [4.69, 9.17) is 0 Å². The highest BCUT2D eigenvalue weighted by Gasteiger charge is 2.32. The van der Waals surface area contributed by atoms with Gasteiger partial charge in [-0.2, -0.15) is 13.2 Å². The Balaban J connectivity index is 3.10. The van der Waals surface area contributed by atoms with Gasteiger partial charge in [-0.05, 0) is 12.8 Å². The molecule has 0 amide bonds. The number of rotatable bonds is 1. The van der Waals surface area contributed by atoms with Crippen molar-refractivity contribution in [3.8, 4) is 0 Å². The third kappa shape index (κ3) is 1.77. The van der Waals surface area contributed by atoms with Gasteiger partial charge >= 0.3 is 6.18 Å². The first kappa shape index (κ1) is 8.63. The molecule has 0 bridgehead atoms. The molecule has 0 aliphatic carbocycles. The molecule has 0 saturated heterocycles. The summed E-state index contributed by atoms with van der Waals surface area (Å²) in [4.78, 5) is 9.70. The number of hydrogen-bond acceptors (Lipinski definition) is 3. The zero-order chi connectivity index (χ0) is 9.19. The Morgan fingerprint density at radius 1 is 1.42 bits per heavy atom. The van der Waals surface area contributed by atoms with Gasteiger partial charge in [-0.15, -0.1) is 0 Å². The van der Waals surface area contributed by atoms with Crippen LogP contribution >= 0.6 is 0 Å². The van der Waals surface area contributed by atoms with Crippen LogP contribution in [0, 0.1) is 0 Å². The summed E-state index contributed by atoms with van der Waals surface area (Å²) in [5.74, 6) is -0.273. The standard InChI is InChI=1S/C6H4F3N3/c1-10-5-11-3-2-4(12-5)6(7,8)9/h2-3H,1H2. The van der Waals surface area contributed by atoms with E-state index in [-0.39, 0.29) is 5.95 Å². The van der Waals surface area contributed by atoms with Crippen LogP contribution in [0.4, 0.5) is 19.1 Å². The van der Waals surface area contributed by atoms with Crippen LogP contribution in [-0.2, 0) is 6.18 Å². The van der Waals surface area contributed by atoms with Gasteiger partial charge in [0.05, 0.1) is 0 Å². The van der Waals surface area contributed by atoms with E-state index in [1.807, 2.05) is 0 Å². The van der Waals surface area contributed by atoms with Gasteiger partial charge in [0, 0.05) is 6.20 Å². The third-order valence-corrected chi connectivity index (χ3v) is 1.07. The quantitative estimate of drug-likeness (QED) is 0.610. The van der Waals surface area contributed by atoms with Crippen LogP contribution in [-0.4, -0.2) is 16.7 Å². The highest BCUT2D eigenvalue weighted by molar-refractivity contribution is 5.34. The lowest BCUT2D eigenvalue weighted by atomic mass is 10.4. The number of halogens is 3. The molecule has 3 nitrogen and oxygen atoms in total. The molecule has 1 rings (SSSR count). The molecular weight excluding hydrogens is 171 g/mol. The fraction of sp³-hybridized carbons (Fsp3) is 0.167. The minimum Gasteiger partial charge on any atom is -0.228 e. The van der Waals surface area contributed by atoms with Gasteiger partial charge in [-0.1, -0.05) is 0 Å². The largest absolute Gasteiger partial charge is 0.433 e. The summed E-state index contributed by atoms with van der Waals surface area (Å²) in [6, 6.07) is 0.772. The lowest BCUT2D eigenvalue weighted by Gasteiger charge is -2.03.